The number of nitrogens with one attached hydrogen (secondary N) is 3. The number of nitriles is 1. The predicted molar refractivity (Wildman–Crippen MR) is 144 cm³/mol. The van der Waals surface area contributed by atoms with E-state index in [4.69, 9.17) is 16.3 Å². The van der Waals surface area contributed by atoms with Crippen LogP contribution in [0.25, 0.3) is 0 Å². The number of amides is 1. The maximum absolute atomic E-state index is 11.9. The van der Waals surface area contributed by atoms with Crippen molar-refractivity contribution < 1.29 is 14.6 Å². The number of ether oxygens (including phenoxy) is 1. The lowest BCUT2D eigenvalue weighted by Gasteiger charge is -2.25. The maximum atomic E-state index is 11.9. The third-order valence-electron chi connectivity index (χ3n) is 5.96. The van der Waals surface area contributed by atoms with Gasteiger partial charge < -0.3 is 30.7 Å². The van der Waals surface area contributed by atoms with Crippen LogP contribution in [0, 0.1) is 11.3 Å². The van der Waals surface area contributed by atoms with Crippen LogP contribution in [0.2, 0.25) is 5.02 Å². The average Bonchev–Trinajstić information content (AvgIpc) is 3.40. The smallest absolute Gasteiger partial charge is 0.247 e. The van der Waals surface area contributed by atoms with Gasteiger partial charge in [0.15, 0.2) is 5.82 Å². The molecular weight excluding hydrogens is 494 g/mol. The lowest BCUT2D eigenvalue weighted by molar-refractivity contribution is -0.111. The lowest BCUT2D eigenvalue weighted by atomic mass is 10.1. The van der Waals surface area contributed by atoms with Crippen LogP contribution in [-0.4, -0.2) is 47.3 Å². The highest BCUT2D eigenvalue weighted by molar-refractivity contribution is 6.33. The molecular formula is C26H26ClN7O3. The number of anilines is 6. The molecule has 37 heavy (non-hydrogen) atoms. The van der Waals surface area contributed by atoms with Crippen molar-refractivity contribution in [1.82, 2.24) is 9.97 Å². The maximum Gasteiger partial charge on any atom is 0.247 e. The summed E-state index contributed by atoms with van der Waals surface area (Å²) >= 11 is 6.35. The molecule has 0 spiro atoms. The number of carbonyl (C=O) groups is 1. The second kappa shape index (κ2) is 11.6. The number of aromatic nitrogens is 2. The molecule has 0 saturated carbocycles. The lowest BCUT2D eigenvalue weighted by Crippen LogP contribution is -2.32. The van der Waals surface area contributed by atoms with Crippen molar-refractivity contribution in [3.63, 3.8) is 0 Å². The normalized spacial score (nSPS) is 14.5. The fraction of sp³-hybridized carbons (Fsp3) is 0.231. The van der Waals surface area contributed by atoms with Gasteiger partial charge in [-0.1, -0.05) is 18.2 Å². The Morgan fingerprint density at radius 3 is 2.84 bits per heavy atom. The standard InChI is InChI=1S/C26H26ClN7O3/c1-3-24(36)30-23-12-19(37-2)7-9-22(23)31-25-20(27)14-29-26(33-25)32-21-8-6-17(11-16(21)13-28)34-10-4-5-18(34)15-35/h3,6-9,11-12,14,18,35H,1,4-5,10,15H2,2H3,(H,30,36)(H2,29,31,32,33)/t18-/m1/s1. The van der Waals surface area contributed by atoms with E-state index in [0.717, 1.165) is 31.1 Å². The molecule has 4 N–H and O–H groups in total. The second-order valence-corrected chi connectivity index (χ2v) is 8.67. The van der Waals surface area contributed by atoms with E-state index >= 15 is 0 Å². The fourth-order valence-corrected chi connectivity index (χ4v) is 4.23. The summed E-state index contributed by atoms with van der Waals surface area (Å²) in [6, 6.07) is 12.8. The summed E-state index contributed by atoms with van der Waals surface area (Å²) < 4.78 is 5.25. The molecule has 1 aliphatic heterocycles. The zero-order valence-electron chi connectivity index (χ0n) is 20.2. The van der Waals surface area contributed by atoms with Gasteiger partial charge in [0, 0.05) is 18.3 Å². The first-order valence-electron chi connectivity index (χ1n) is 11.6. The molecule has 1 aromatic heterocycles. The summed E-state index contributed by atoms with van der Waals surface area (Å²) in [4.78, 5) is 22.7. The van der Waals surface area contributed by atoms with Crippen LogP contribution in [0.15, 0.2) is 55.3 Å². The molecule has 0 bridgehead atoms. The molecule has 0 unspecified atom stereocenters. The SMILES string of the molecule is C=CC(=O)Nc1cc(OC)ccc1Nc1nc(Nc2ccc(N3CCC[C@@H]3CO)cc2C#N)ncc1Cl. The van der Waals surface area contributed by atoms with E-state index in [-0.39, 0.29) is 35.3 Å². The molecule has 1 saturated heterocycles. The molecule has 190 valence electrons. The number of hydrogen-bond donors (Lipinski definition) is 4. The van der Waals surface area contributed by atoms with Crippen molar-refractivity contribution in [3.8, 4) is 11.8 Å². The predicted octanol–water partition coefficient (Wildman–Crippen LogP) is 4.58. The highest BCUT2D eigenvalue weighted by Gasteiger charge is 2.24. The van der Waals surface area contributed by atoms with Crippen LogP contribution in [0.4, 0.5) is 34.5 Å². The third-order valence-corrected chi connectivity index (χ3v) is 6.23. The van der Waals surface area contributed by atoms with E-state index < -0.39 is 0 Å². The van der Waals surface area contributed by atoms with Crippen molar-refractivity contribution in [2.24, 2.45) is 0 Å². The number of hydrogen-bond acceptors (Lipinski definition) is 9. The van der Waals surface area contributed by atoms with Crippen molar-refractivity contribution >= 4 is 52.0 Å². The zero-order chi connectivity index (χ0) is 26.4. The quantitative estimate of drug-likeness (QED) is 0.299. The van der Waals surface area contributed by atoms with Crippen LogP contribution >= 0.6 is 11.6 Å². The number of halogens is 1. The molecule has 1 fully saturated rings. The van der Waals surface area contributed by atoms with Gasteiger partial charge in [-0.15, -0.1) is 0 Å². The molecule has 11 heteroatoms. The largest absolute Gasteiger partial charge is 0.497 e. The molecule has 3 aromatic rings. The molecule has 0 aliphatic carbocycles. The molecule has 0 radical (unpaired) electrons. The minimum absolute atomic E-state index is 0.0534. The van der Waals surface area contributed by atoms with E-state index in [0.29, 0.717) is 28.4 Å². The van der Waals surface area contributed by atoms with Crippen molar-refractivity contribution in [1.29, 1.82) is 5.26 Å². The Balaban J connectivity index is 1.59. The minimum atomic E-state index is -0.390. The topological polar surface area (TPSA) is 135 Å². The zero-order valence-corrected chi connectivity index (χ0v) is 20.9. The van der Waals surface area contributed by atoms with E-state index in [9.17, 15) is 15.2 Å². The summed E-state index contributed by atoms with van der Waals surface area (Å²) in [6.07, 6.45) is 4.50. The van der Waals surface area contributed by atoms with E-state index in [2.05, 4.69) is 43.5 Å². The first-order chi connectivity index (χ1) is 17.9. The van der Waals surface area contributed by atoms with Gasteiger partial charge in [0.05, 0.1) is 48.6 Å². The van der Waals surface area contributed by atoms with Crippen LogP contribution in [0.1, 0.15) is 18.4 Å². The number of nitrogens with zero attached hydrogens (tertiary/aromatic N) is 4. The third kappa shape index (κ3) is 5.91. The van der Waals surface area contributed by atoms with Gasteiger partial charge in [0.2, 0.25) is 11.9 Å². The van der Waals surface area contributed by atoms with E-state index in [1.807, 2.05) is 6.07 Å². The molecule has 10 nitrogen and oxygen atoms in total. The highest BCUT2D eigenvalue weighted by Crippen LogP contribution is 2.33. The fourth-order valence-electron chi connectivity index (χ4n) is 4.09. The Hall–Kier alpha value is -4.33. The summed E-state index contributed by atoms with van der Waals surface area (Å²) in [5.41, 5.74) is 2.79. The van der Waals surface area contributed by atoms with Crippen LogP contribution < -0.4 is 25.6 Å². The first-order valence-corrected chi connectivity index (χ1v) is 11.9. The van der Waals surface area contributed by atoms with Gasteiger partial charge in [-0.05, 0) is 49.2 Å². The molecule has 1 amide bonds. The monoisotopic (exact) mass is 519 g/mol. The molecule has 2 heterocycles. The number of benzene rings is 2. The van der Waals surface area contributed by atoms with Gasteiger partial charge in [-0.25, -0.2) is 4.98 Å². The number of methoxy groups -OCH3 is 1. The van der Waals surface area contributed by atoms with Crippen molar-refractivity contribution in [3.05, 3.63) is 65.8 Å². The van der Waals surface area contributed by atoms with Crippen LogP contribution in [0.3, 0.4) is 0 Å². The number of rotatable bonds is 9. The Morgan fingerprint density at radius 2 is 2.11 bits per heavy atom. The molecule has 1 atom stereocenters. The van der Waals surface area contributed by atoms with Crippen molar-refractivity contribution in [2.45, 2.75) is 18.9 Å². The highest BCUT2D eigenvalue weighted by atomic mass is 35.5. The number of aliphatic hydroxyl groups excluding tert-OH is 1. The van der Waals surface area contributed by atoms with Gasteiger partial charge in [-0.2, -0.15) is 10.2 Å². The molecule has 4 rings (SSSR count). The number of carbonyl (C=O) groups excluding carboxylic acids is 1. The van der Waals surface area contributed by atoms with Crippen molar-refractivity contribution in [2.75, 3.05) is 41.1 Å². The second-order valence-electron chi connectivity index (χ2n) is 8.26. The van der Waals surface area contributed by atoms with Gasteiger partial charge in [0.25, 0.3) is 0 Å². The minimum Gasteiger partial charge on any atom is -0.497 e. The summed E-state index contributed by atoms with van der Waals surface area (Å²) in [5.74, 6) is 0.666. The van der Waals surface area contributed by atoms with Crippen LogP contribution in [0.5, 0.6) is 5.75 Å². The van der Waals surface area contributed by atoms with Crippen LogP contribution in [-0.2, 0) is 4.79 Å². The Labute approximate surface area is 219 Å². The Bertz CT molecular complexity index is 1360. The summed E-state index contributed by atoms with van der Waals surface area (Å²) in [6.45, 7) is 4.38. The molecule has 2 aromatic carbocycles. The Kier molecular flexibility index (Phi) is 8.08. The number of aliphatic hydroxyl groups is 1. The van der Waals surface area contributed by atoms with E-state index in [1.165, 1.54) is 13.3 Å². The van der Waals surface area contributed by atoms with E-state index in [1.54, 1.807) is 30.3 Å². The first kappa shape index (κ1) is 25.8. The van der Waals surface area contributed by atoms with Gasteiger partial charge in [-0.3, -0.25) is 4.79 Å². The summed E-state index contributed by atoms with van der Waals surface area (Å²) in [7, 11) is 1.53. The van der Waals surface area contributed by atoms with Gasteiger partial charge >= 0.3 is 0 Å². The molecule has 1 aliphatic rings. The average molecular weight is 520 g/mol. The van der Waals surface area contributed by atoms with Gasteiger partial charge in [0.1, 0.15) is 16.8 Å². The summed E-state index contributed by atoms with van der Waals surface area (Å²) in [5, 5.41) is 28.6. The Morgan fingerprint density at radius 1 is 1.30 bits per heavy atom.